The van der Waals surface area contributed by atoms with Gasteiger partial charge in [-0.1, -0.05) is 17.7 Å². The second-order valence-electron chi connectivity index (χ2n) is 4.23. The number of halogens is 2. The molecule has 0 saturated carbocycles. The molecule has 2 heterocycles. The van der Waals surface area contributed by atoms with Crippen LogP contribution >= 0.6 is 22.9 Å². The Bertz CT molecular complexity index is 803. The van der Waals surface area contributed by atoms with Crippen molar-refractivity contribution in [3.63, 3.8) is 0 Å². The lowest BCUT2D eigenvalue weighted by molar-refractivity contribution is 0.413. The van der Waals surface area contributed by atoms with Crippen LogP contribution in [0, 0.1) is 12.7 Å². The number of aromatic nitrogens is 2. The van der Waals surface area contributed by atoms with Crippen LogP contribution in [0.15, 0.2) is 24.3 Å². The summed E-state index contributed by atoms with van der Waals surface area (Å²) in [5.74, 6) is 0.182. The van der Waals surface area contributed by atoms with Gasteiger partial charge in [-0.2, -0.15) is 0 Å². The van der Waals surface area contributed by atoms with Crippen molar-refractivity contribution in [2.75, 3.05) is 7.11 Å². The molecular formula is C14H10ClFN2OS. The molecule has 3 rings (SSSR count). The van der Waals surface area contributed by atoms with Gasteiger partial charge in [0.05, 0.1) is 12.7 Å². The fourth-order valence-electron chi connectivity index (χ4n) is 2.01. The Morgan fingerprint density at radius 1 is 1.30 bits per heavy atom. The number of hydrogen-bond acceptors (Lipinski definition) is 4. The lowest BCUT2D eigenvalue weighted by Crippen LogP contribution is -1.96. The molecule has 0 N–H and O–H groups in total. The maximum absolute atomic E-state index is 14.1. The molecule has 0 saturated heterocycles. The lowest BCUT2D eigenvalue weighted by atomic mass is 10.1. The monoisotopic (exact) mass is 308 g/mol. The molecule has 0 spiro atoms. The van der Waals surface area contributed by atoms with Gasteiger partial charge in [0.25, 0.3) is 0 Å². The van der Waals surface area contributed by atoms with E-state index in [2.05, 4.69) is 9.97 Å². The summed E-state index contributed by atoms with van der Waals surface area (Å²) in [6.07, 6.45) is 0. The maximum atomic E-state index is 14.1. The Balaban J connectivity index is 2.30. The molecule has 102 valence electrons. The molecule has 3 aromatic rings. The van der Waals surface area contributed by atoms with E-state index in [-0.39, 0.29) is 11.4 Å². The second kappa shape index (κ2) is 5.00. The van der Waals surface area contributed by atoms with E-state index in [1.807, 2.05) is 13.0 Å². The first kappa shape index (κ1) is 13.3. The summed E-state index contributed by atoms with van der Waals surface area (Å²) in [6, 6.07) is 6.51. The SMILES string of the molecule is COc1cccc(F)c1-c1nc(Cl)c2cc(C)sc2n1. The molecule has 0 unspecified atom stereocenters. The standard InChI is InChI=1S/C14H10ClFN2OS/c1-7-6-8-12(15)17-13(18-14(8)20-7)11-9(16)4-3-5-10(11)19-2/h3-6H,1-2H3. The predicted octanol–water partition coefficient (Wildman–Crippen LogP) is 4.47. The minimum atomic E-state index is -0.437. The number of ether oxygens (including phenoxy) is 1. The summed E-state index contributed by atoms with van der Waals surface area (Å²) in [6.45, 7) is 1.96. The molecule has 0 fully saturated rings. The molecule has 0 aliphatic heterocycles. The molecule has 20 heavy (non-hydrogen) atoms. The summed E-state index contributed by atoms with van der Waals surface area (Å²) in [5.41, 5.74) is 0.227. The fraction of sp³-hybridized carbons (Fsp3) is 0.143. The van der Waals surface area contributed by atoms with Crippen LogP contribution in [0.4, 0.5) is 4.39 Å². The number of aryl methyl sites for hydroxylation is 1. The summed E-state index contributed by atoms with van der Waals surface area (Å²) in [4.78, 5) is 10.4. The highest BCUT2D eigenvalue weighted by molar-refractivity contribution is 7.18. The molecular weight excluding hydrogens is 299 g/mol. The third-order valence-electron chi connectivity index (χ3n) is 2.89. The van der Waals surface area contributed by atoms with E-state index >= 15 is 0 Å². The molecule has 0 aliphatic rings. The third kappa shape index (κ3) is 2.13. The number of thiophene rings is 1. The minimum absolute atomic E-state index is 0.227. The highest BCUT2D eigenvalue weighted by Crippen LogP contribution is 2.35. The Morgan fingerprint density at radius 2 is 2.10 bits per heavy atom. The van der Waals surface area contributed by atoms with Crippen LogP contribution < -0.4 is 4.74 Å². The van der Waals surface area contributed by atoms with Gasteiger partial charge in [-0.15, -0.1) is 11.3 Å². The zero-order valence-corrected chi connectivity index (χ0v) is 12.3. The van der Waals surface area contributed by atoms with Gasteiger partial charge in [-0.3, -0.25) is 0 Å². The predicted molar refractivity (Wildman–Crippen MR) is 79.1 cm³/mol. The van der Waals surface area contributed by atoms with Crippen LogP contribution in [0.5, 0.6) is 5.75 Å². The normalized spacial score (nSPS) is 11.0. The molecule has 0 amide bonds. The van der Waals surface area contributed by atoms with Gasteiger partial charge in [0, 0.05) is 10.3 Å². The number of methoxy groups -OCH3 is 1. The number of hydrogen-bond donors (Lipinski definition) is 0. The summed E-state index contributed by atoms with van der Waals surface area (Å²) in [7, 11) is 1.48. The zero-order valence-electron chi connectivity index (χ0n) is 10.8. The van der Waals surface area contributed by atoms with Crippen LogP contribution in [0.3, 0.4) is 0 Å². The molecule has 3 nitrogen and oxygen atoms in total. The molecule has 0 atom stereocenters. The fourth-order valence-corrected chi connectivity index (χ4v) is 3.17. The summed E-state index contributed by atoms with van der Waals surface area (Å²) in [5, 5.41) is 1.10. The average Bonchev–Trinajstić information content (AvgIpc) is 2.79. The van der Waals surface area contributed by atoms with E-state index in [0.717, 1.165) is 15.1 Å². The molecule has 6 heteroatoms. The van der Waals surface area contributed by atoms with Crippen molar-refractivity contribution in [1.29, 1.82) is 0 Å². The van der Waals surface area contributed by atoms with Crippen molar-refractivity contribution in [2.45, 2.75) is 6.92 Å². The summed E-state index contributed by atoms with van der Waals surface area (Å²) >= 11 is 7.66. The topological polar surface area (TPSA) is 35.0 Å². The van der Waals surface area contributed by atoms with Crippen molar-refractivity contribution in [1.82, 2.24) is 9.97 Å². The quantitative estimate of drug-likeness (QED) is 0.655. The van der Waals surface area contributed by atoms with Gasteiger partial charge in [-0.05, 0) is 25.1 Å². The highest BCUT2D eigenvalue weighted by atomic mass is 35.5. The van der Waals surface area contributed by atoms with Gasteiger partial charge in [-0.25, -0.2) is 14.4 Å². The zero-order chi connectivity index (χ0) is 14.3. The average molecular weight is 309 g/mol. The maximum Gasteiger partial charge on any atom is 0.169 e. The third-order valence-corrected chi connectivity index (χ3v) is 4.12. The summed E-state index contributed by atoms with van der Waals surface area (Å²) < 4.78 is 19.2. The van der Waals surface area contributed by atoms with Crippen LogP contribution in [0.25, 0.3) is 21.6 Å². The molecule has 0 radical (unpaired) electrons. The van der Waals surface area contributed by atoms with Crippen molar-refractivity contribution in [3.05, 3.63) is 40.1 Å². The first-order valence-corrected chi connectivity index (χ1v) is 7.06. The minimum Gasteiger partial charge on any atom is -0.496 e. The number of rotatable bonds is 2. The molecule has 1 aromatic carbocycles. The van der Waals surface area contributed by atoms with E-state index in [0.29, 0.717) is 10.9 Å². The van der Waals surface area contributed by atoms with Crippen LogP contribution in [0.2, 0.25) is 5.15 Å². The largest absolute Gasteiger partial charge is 0.496 e. The van der Waals surface area contributed by atoms with E-state index in [1.165, 1.54) is 24.5 Å². The van der Waals surface area contributed by atoms with Gasteiger partial charge < -0.3 is 4.74 Å². The van der Waals surface area contributed by atoms with Gasteiger partial charge in [0.2, 0.25) is 0 Å². The van der Waals surface area contributed by atoms with Gasteiger partial charge >= 0.3 is 0 Å². The smallest absolute Gasteiger partial charge is 0.169 e. The lowest BCUT2D eigenvalue weighted by Gasteiger charge is -2.08. The van der Waals surface area contributed by atoms with E-state index in [9.17, 15) is 4.39 Å². The van der Waals surface area contributed by atoms with Crippen molar-refractivity contribution >= 4 is 33.2 Å². The Kier molecular flexibility index (Phi) is 3.31. The Hall–Kier alpha value is -1.72. The van der Waals surface area contributed by atoms with Crippen molar-refractivity contribution in [2.24, 2.45) is 0 Å². The Labute approximate surface area is 124 Å². The first-order valence-electron chi connectivity index (χ1n) is 5.86. The van der Waals surface area contributed by atoms with E-state index in [1.54, 1.807) is 12.1 Å². The highest BCUT2D eigenvalue weighted by Gasteiger charge is 2.17. The van der Waals surface area contributed by atoms with Crippen LogP contribution in [-0.4, -0.2) is 17.1 Å². The van der Waals surface area contributed by atoms with Crippen LogP contribution in [-0.2, 0) is 0 Å². The molecule has 0 bridgehead atoms. The van der Waals surface area contributed by atoms with Gasteiger partial charge in [0.1, 0.15) is 21.6 Å². The Morgan fingerprint density at radius 3 is 2.85 bits per heavy atom. The van der Waals surface area contributed by atoms with Crippen molar-refractivity contribution < 1.29 is 9.13 Å². The number of benzene rings is 1. The van der Waals surface area contributed by atoms with Crippen molar-refractivity contribution in [3.8, 4) is 17.1 Å². The van der Waals surface area contributed by atoms with E-state index in [4.69, 9.17) is 16.3 Å². The number of fused-ring (bicyclic) bond motifs is 1. The van der Waals surface area contributed by atoms with Gasteiger partial charge in [0.15, 0.2) is 5.82 Å². The molecule has 2 aromatic heterocycles. The van der Waals surface area contributed by atoms with Crippen LogP contribution in [0.1, 0.15) is 4.88 Å². The molecule has 0 aliphatic carbocycles. The number of nitrogens with zero attached hydrogens (tertiary/aromatic N) is 2. The second-order valence-corrected chi connectivity index (χ2v) is 5.82. The van der Waals surface area contributed by atoms with E-state index < -0.39 is 5.82 Å². The first-order chi connectivity index (χ1) is 9.60.